The molecule has 27 heavy (non-hydrogen) atoms. The maximum atomic E-state index is 13.8. The van der Waals surface area contributed by atoms with Crippen LogP contribution in [-0.2, 0) is 4.74 Å². The number of carbonyl (C=O) groups is 1. The van der Waals surface area contributed by atoms with E-state index in [0.717, 1.165) is 30.2 Å². The highest BCUT2D eigenvalue weighted by molar-refractivity contribution is 6.09. The fourth-order valence-electron chi connectivity index (χ4n) is 3.65. The molecule has 0 N–H and O–H groups in total. The smallest absolute Gasteiger partial charge is 0.258 e. The Bertz CT molecular complexity index is 769. The van der Waals surface area contributed by atoms with Crippen LogP contribution in [0.4, 0.5) is 0 Å². The molecule has 3 rings (SSSR count). The molecule has 1 heterocycles. The lowest BCUT2D eigenvalue weighted by atomic mass is 10.00. The number of ether oxygens (including phenoxy) is 2. The van der Waals surface area contributed by atoms with Crippen LogP contribution in [0.2, 0.25) is 0 Å². The SMILES string of the molecule is CCOc1ccc2ccccc2c1C(=O)N(CCN(C)C)C1CCOCC1. The van der Waals surface area contributed by atoms with Crippen molar-refractivity contribution >= 4 is 16.7 Å². The summed E-state index contributed by atoms with van der Waals surface area (Å²) in [6.45, 7) is 5.44. The van der Waals surface area contributed by atoms with Crippen LogP contribution in [0.15, 0.2) is 36.4 Å². The van der Waals surface area contributed by atoms with Crippen molar-refractivity contribution in [2.45, 2.75) is 25.8 Å². The van der Waals surface area contributed by atoms with E-state index >= 15 is 0 Å². The maximum absolute atomic E-state index is 13.8. The van der Waals surface area contributed by atoms with E-state index in [9.17, 15) is 4.79 Å². The van der Waals surface area contributed by atoms with Gasteiger partial charge in [0.15, 0.2) is 0 Å². The van der Waals surface area contributed by atoms with E-state index in [2.05, 4.69) is 4.90 Å². The normalized spacial score (nSPS) is 15.3. The number of likely N-dealkylation sites (N-methyl/N-ethyl adjacent to an activating group) is 1. The van der Waals surface area contributed by atoms with Crippen LogP contribution < -0.4 is 4.74 Å². The van der Waals surface area contributed by atoms with E-state index in [0.29, 0.717) is 37.7 Å². The van der Waals surface area contributed by atoms with E-state index in [1.807, 2.05) is 62.3 Å². The summed E-state index contributed by atoms with van der Waals surface area (Å²) in [6.07, 6.45) is 1.77. The number of carbonyl (C=O) groups excluding carboxylic acids is 1. The van der Waals surface area contributed by atoms with Gasteiger partial charge in [-0.25, -0.2) is 0 Å². The minimum Gasteiger partial charge on any atom is -0.493 e. The van der Waals surface area contributed by atoms with E-state index in [4.69, 9.17) is 9.47 Å². The van der Waals surface area contributed by atoms with Gasteiger partial charge < -0.3 is 19.3 Å². The van der Waals surface area contributed by atoms with Gasteiger partial charge in [0.25, 0.3) is 5.91 Å². The lowest BCUT2D eigenvalue weighted by Crippen LogP contribution is -2.46. The molecular formula is C22H30N2O3. The topological polar surface area (TPSA) is 42.0 Å². The van der Waals surface area contributed by atoms with Gasteiger partial charge >= 0.3 is 0 Å². The highest BCUT2D eigenvalue weighted by Crippen LogP contribution is 2.31. The maximum Gasteiger partial charge on any atom is 0.258 e. The molecule has 0 bridgehead atoms. The van der Waals surface area contributed by atoms with Crippen molar-refractivity contribution in [3.05, 3.63) is 42.0 Å². The van der Waals surface area contributed by atoms with E-state index in [1.54, 1.807) is 0 Å². The first-order chi connectivity index (χ1) is 13.1. The number of fused-ring (bicyclic) bond motifs is 1. The summed E-state index contributed by atoms with van der Waals surface area (Å²) in [7, 11) is 4.08. The summed E-state index contributed by atoms with van der Waals surface area (Å²) >= 11 is 0. The van der Waals surface area contributed by atoms with Crippen molar-refractivity contribution in [3.63, 3.8) is 0 Å². The van der Waals surface area contributed by atoms with Crippen molar-refractivity contribution in [1.29, 1.82) is 0 Å². The molecule has 1 aliphatic rings. The zero-order chi connectivity index (χ0) is 19.2. The van der Waals surface area contributed by atoms with Crippen molar-refractivity contribution in [2.75, 3.05) is 47.0 Å². The molecule has 0 radical (unpaired) electrons. The molecule has 0 saturated carbocycles. The van der Waals surface area contributed by atoms with Gasteiger partial charge in [0.05, 0.1) is 12.2 Å². The van der Waals surface area contributed by atoms with Gasteiger partial charge in [-0.15, -0.1) is 0 Å². The summed E-state index contributed by atoms with van der Waals surface area (Å²) in [4.78, 5) is 17.9. The van der Waals surface area contributed by atoms with Crippen molar-refractivity contribution in [3.8, 4) is 5.75 Å². The van der Waals surface area contributed by atoms with Crippen LogP contribution in [0, 0.1) is 0 Å². The molecule has 1 amide bonds. The first-order valence-electron chi connectivity index (χ1n) is 9.79. The minimum atomic E-state index is 0.0593. The predicted octanol–water partition coefficient (Wildman–Crippen LogP) is 3.42. The monoisotopic (exact) mass is 370 g/mol. The van der Waals surface area contributed by atoms with Crippen LogP contribution >= 0.6 is 0 Å². The summed E-state index contributed by atoms with van der Waals surface area (Å²) < 4.78 is 11.4. The molecule has 0 aliphatic carbocycles. The number of benzene rings is 2. The van der Waals surface area contributed by atoms with Gasteiger partial charge in [0.2, 0.25) is 0 Å². The lowest BCUT2D eigenvalue weighted by molar-refractivity contribution is 0.0275. The molecule has 1 saturated heterocycles. The van der Waals surface area contributed by atoms with Gasteiger partial charge in [-0.2, -0.15) is 0 Å². The zero-order valence-electron chi connectivity index (χ0n) is 16.6. The molecule has 2 aromatic rings. The molecule has 146 valence electrons. The van der Waals surface area contributed by atoms with Gasteiger partial charge in [0, 0.05) is 32.3 Å². The second-order valence-corrected chi connectivity index (χ2v) is 7.24. The quantitative estimate of drug-likeness (QED) is 0.749. The number of nitrogens with zero attached hydrogens (tertiary/aromatic N) is 2. The van der Waals surface area contributed by atoms with E-state index in [-0.39, 0.29) is 11.9 Å². The Balaban J connectivity index is 2.02. The number of rotatable bonds is 7. The Kier molecular flexibility index (Phi) is 6.69. The Morgan fingerprint density at radius 1 is 1.11 bits per heavy atom. The Morgan fingerprint density at radius 3 is 2.56 bits per heavy atom. The van der Waals surface area contributed by atoms with Crippen molar-refractivity contribution in [1.82, 2.24) is 9.80 Å². The van der Waals surface area contributed by atoms with Crippen LogP contribution in [0.25, 0.3) is 10.8 Å². The third-order valence-electron chi connectivity index (χ3n) is 5.09. The second-order valence-electron chi connectivity index (χ2n) is 7.24. The predicted molar refractivity (Wildman–Crippen MR) is 109 cm³/mol. The van der Waals surface area contributed by atoms with Crippen LogP contribution in [0.1, 0.15) is 30.1 Å². The molecule has 1 aliphatic heterocycles. The van der Waals surface area contributed by atoms with Gasteiger partial charge in [-0.05, 0) is 50.7 Å². The highest BCUT2D eigenvalue weighted by atomic mass is 16.5. The van der Waals surface area contributed by atoms with Gasteiger partial charge in [-0.1, -0.05) is 30.3 Å². The summed E-state index contributed by atoms with van der Waals surface area (Å²) in [5.74, 6) is 0.729. The van der Waals surface area contributed by atoms with Crippen LogP contribution in [0.3, 0.4) is 0 Å². The number of amides is 1. The standard InChI is InChI=1S/C22H30N2O3/c1-4-27-20-10-9-17-7-5-6-8-19(17)21(20)22(25)24(14-13-23(2)3)18-11-15-26-16-12-18/h5-10,18H,4,11-16H2,1-3H3. The molecular weight excluding hydrogens is 340 g/mol. The summed E-state index contributed by atoms with van der Waals surface area (Å²) in [6, 6.07) is 12.2. The fourth-order valence-corrected chi connectivity index (χ4v) is 3.65. The fraction of sp³-hybridized carbons (Fsp3) is 0.500. The average molecular weight is 370 g/mol. The minimum absolute atomic E-state index is 0.0593. The molecule has 1 fully saturated rings. The molecule has 0 unspecified atom stereocenters. The molecule has 0 spiro atoms. The summed E-state index contributed by atoms with van der Waals surface area (Å²) in [5.41, 5.74) is 0.681. The summed E-state index contributed by atoms with van der Waals surface area (Å²) in [5, 5.41) is 2.01. The molecule has 5 nitrogen and oxygen atoms in total. The van der Waals surface area contributed by atoms with Crippen molar-refractivity contribution in [2.24, 2.45) is 0 Å². The van der Waals surface area contributed by atoms with E-state index in [1.165, 1.54) is 0 Å². The van der Waals surface area contributed by atoms with Crippen LogP contribution in [0.5, 0.6) is 5.75 Å². The first kappa shape index (κ1) is 19.6. The third-order valence-corrected chi connectivity index (χ3v) is 5.09. The molecule has 0 aromatic heterocycles. The molecule has 0 atom stereocenters. The molecule has 2 aromatic carbocycles. The number of hydrogen-bond donors (Lipinski definition) is 0. The zero-order valence-corrected chi connectivity index (χ0v) is 16.6. The van der Waals surface area contributed by atoms with E-state index < -0.39 is 0 Å². The Labute approximate surface area is 161 Å². The largest absolute Gasteiger partial charge is 0.493 e. The second kappa shape index (κ2) is 9.20. The van der Waals surface area contributed by atoms with Gasteiger partial charge in [0.1, 0.15) is 5.75 Å². The van der Waals surface area contributed by atoms with Crippen molar-refractivity contribution < 1.29 is 14.3 Å². The highest BCUT2D eigenvalue weighted by Gasteiger charge is 2.29. The molecule has 5 heteroatoms. The first-order valence-corrected chi connectivity index (χ1v) is 9.79. The Hall–Kier alpha value is -2.11. The number of hydrogen-bond acceptors (Lipinski definition) is 4. The van der Waals surface area contributed by atoms with Crippen LogP contribution in [-0.4, -0.2) is 68.8 Å². The lowest BCUT2D eigenvalue weighted by Gasteiger charge is -2.35. The third kappa shape index (κ3) is 4.60. The van der Waals surface area contributed by atoms with Gasteiger partial charge in [-0.3, -0.25) is 4.79 Å². The average Bonchev–Trinajstić information content (AvgIpc) is 2.68. The Morgan fingerprint density at radius 2 is 1.85 bits per heavy atom.